The Hall–Kier alpha value is -0.870. The Bertz CT molecular complexity index is 424. The number of rotatable bonds is 4. The molecule has 0 aliphatic heterocycles. The van der Waals surface area contributed by atoms with E-state index in [2.05, 4.69) is 33.4 Å². The fraction of sp³-hybridized carbons (Fsp3) is 0.533. The fourth-order valence-electron chi connectivity index (χ4n) is 2.56. The summed E-state index contributed by atoms with van der Waals surface area (Å²) in [5.41, 5.74) is 6.78. The first-order valence-corrected chi connectivity index (χ1v) is 7.71. The van der Waals surface area contributed by atoms with Crippen LogP contribution in [0.1, 0.15) is 37.7 Å². The van der Waals surface area contributed by atoms with Crippen molar-refractivity contribution >= 4 is 21.8 Å². The minimum atomic E-state index is -0.627. The van der Waals surface area contributed by atoms with Crippen molar-refractivity contribution in [3.8, 4) is 0 Å². The van der Waals surface area contributed by atoms with Gasteiger partial charge in [0, 0.05) is 11.0 Å². The summed E-state index contributed by atoms with van der Waals surface area (Å²) in [4.78, 5) is 12.1. The Morgan fingerprint density at radius 3 is 2.47 bits per heavy atom. The molecule has 0 bridgehead atoms. The van der Waals surface area contributed by atoms with E-state index in [1.807, 2.05) is 12.1 Å². The number of carbonyl (C=O) groups is 1. The molecule has 1 fully saturated rings. The molecule has 1 aromatic rings. The minimum Gasteiger partial charge on any atom is -0.354 e. The van der Waals surface area contributed by atoms with E-state index in [0.717, 1.165) is 36.6 Å². The van der Waals surface area contributed by atoms with Gasteiger partial charge in [-0.1, -0.05) is 47.3 Å². The van der Waals surface area contributed by atoms with Gasteiger partial charge >= 0.3 is 0 Å². The SMILES string of the molecule is NC1(C(=O)NCCc2ccc(Br)cc2)CCCCC1. The Morgan fingerprint density at radius 2 is 1.84 bits per heavy atom. The lowest BCUT2D eigenvalue weighted by molar-refractivity contribution is -0.127. The first kappa shape index (κ1) is 14.5. The lowest BCUT2D eigenvalue weighted by atomic mass is 9.82. The van der Waals surface area contributed by atoms with Gasteiger partial charge in [-0.2, -0.15) is 0 Å². The summed E-state index contributed by atoms with van der Waals surface area (Å²) in [5.74, 6) is 0.0179. The molecule has 1 aliphatic carbocycles. The molecule has 0 saturated heterocycles. The standard InChI is InChI=1S/C15H21BrN2O/c16-13-6-4-12(5-7-13)8-11-18-14(19)15(17)9-2-1-3-10-15/h4-7H,1-3,8-11,17H2,(H,18,19). The molecular formula is C15H21BrN2O. The van der Waals surface area contributed by atoms with Gasteiger partial charge in [0.1, 0.15) is 0 Å². The number of hydrogen-bond donors (Lipinski definition) is 2. The second-order valence-electron chi connectivity index (χ2n) is 5.35. The third kappa shape index (κ3) is 4.05. The Kier molecular flexibility index (Phi) is 4.99. The summed E-state index contributed by atoms with van der Waals surface area (Å²) in [6.45, 7) is 0.652. The van der Waals surface area contributed by atoms with Gasteiger partial charge in [0.15, 0.2) is 0 Å². The number of hydrogen-bond acceptors (Lipinski definition) is 2. The van der Waals surface area contributed by atoms with E-state index in [-0.39, 0.29) is 5.91 Å². The second-order valence-corrected chi connectivity index (χ2v) is 6.26. The van der Waals surface area contributed by atoms with E-state index in [1.54, 1.807) is 0 Å². The van der Waals surface area contributed by atoms with Crippen molar-refractivity contribution in [2.24, 2.45) is 5.73 Å². The summed E-state index contributed by atoms with van der Waals surface area (Å²) >= 11 is 3.41. The number of carbonyl (C=O) groups excluding carboxylic acids is 1. The number of nitrogens with two attached hydrogens (primary N) is 1. The normalized spacial score (nSPS) is 18.0. The van der Waals surface area contributed by atoms with Crippen LogP contribution in [-0.4, -0.2) is 18.0 Å². The summed E-state index contributed by atoms with van der Waals surface area (Å²) in [6.07, 6.45) is 5.81. The first-order chi connectivity index (χ1) is 9.10. The number of benzene rings is 1. The van der Waals surface area contributed by atoms with Crippen LogP contribution in [-0.2, 0) is 11.2 Å². The van der Waals surface area contributed by atoms with E-state index < -0.39 is 5.54 Å². The van der Waals surface area contributed by atoms with Crippen LogP contribution >= 0.6 is 15.9 Å². The van der Waals surface area contributed by atoms with Crippen molar-refractivity contribution in [2.45, 2.75) is 44.1 Å². The van der Waals surface area contributed by atoms with E-state index >= 15 is 0 Å². The molecule has 0 atom stereocenters. The molecule has 1 aliphatic rings. The molecule has 0 unspecified atom stereocenters. The van der Waals surface area contributed by atoms with Crippen LogP contribution in [0.2, 0.25) is 0 Å². The molecule has 1 amide bonds. The quantitative estimate of drug-likeness (QED) is 0.894. The maximum atomic E-state index is 12.1. The van der Waals surface area contributed by atoms with Crippen LogP contribution in [0.25, 0.3) is 0 Å². The summed E-state index contributed by atoms with van der Waals surface area (Å²) in [5, 5.41) is 2.98. The van der Waals surface area contributed by atoms with Crippen LogP contribution in [0.15, 0.2) is 28.7 Å². The Balaban J connectivity index is 1.78. The fourth-order valence-corrected chi connectivity index (χ4v) is 2.82. The molecular weight excluding hydrogens is 304 g/mol. The van der Waals surface area contributed by atoms with Gasteiger partial charge in [0.2, 0.25) is 5.91 Å². The van der Waals surface area contributed by atoms with Gasteiger partial charge in [-0.05, 0) is 37.0 Å². The largest absolute Gasteiger partial charge is 0.354 e. The van der Waals surface area contributed by atoms with E-state index in [4.69, 9.17) is 5.73 Å². The summed E-state index contributed by atoms with van der Waals surface area (Å²) in [7, 11) is 0. The molecule has 0 radical (unpaired) electrons. The highest BCUT2D eigenvalue weighted by atomic mass is 79.9. The second kappa shape index (κ2) is 6.53. The molecule has 1 saturated carbocycles. The van der Waals surface area contributed by atoms with Gasteiger partial charge in [0.25, 0.3) is 0 Å². The molecule has 2 rings (SSSR count). The lowest BCUT2D eigenvalue weighted by Crippen LogP contribution is -2.55. The van der Waals surface area contributed by atoms with Crippen LogP contribution in [0, 0.1) is 0 Å². The molecule has 0 heterocycles. The zero-order valence-electron chi connectivity index (χ0n) is 11.1. The van der Waals surface area contributed by atoms with Gasteiger partial charge in [-0.25, -0.2) is 0 Å². The highest BCUT2D eigenvalue weighted by molar-refractivity contribution is 9.10. The molecule has 4 heteroatoms. The van der Waals surface area contributed by atoms with E-state index in [0.29, 0.717) is 6.54 Å². The van der Waals surface area contributed by atoms with Gasteiger partial charge in [-0.3, -0.25) is 4.79 Å². The van der Waals surface area contributed by atoms with Crippen molar-refractivity contribution in [3.05, 3.63) is 34.3 Å². The molecule has 3 nitrogen and oxygen atoms in total. The van der Waals surface area contributed by atoms with Crippen LogP contribution in [0.3, 0.4) is 0 Å². The average molecular weight is 325 g/mol. The molecule has 0 aromatic heterocycles. The lowest BCUT2D eigenvalue weighted by Gasteiger charge is -2.31. The average Bonchev–Trinajstić information content (AvgIpc) is 2.42. The Morgan fingerprint density at radius 1 is 1.21 bits per heavy atom. The van der Waals surface area contributed by atoms with Gasteiger partial charge < -0.3 is 11.1 Å². The first-order valence-electron chi connectivity index (χ1n) is 6.92. The third-order valence-corrected chi connectivity index (χ3v) is 4.34. The minimum absolute atomic E-state index is 0.0179. The summed E-state index contributed by atoms with van der Waals surface area (Å²) < 4.78 is 1.07. The zero-order chi connectivity index (χ0) is 13.7. The van der Waals surface area contributed by atoms with Crippen molar-refractivity contribution in [1.82, 2.24) is 5.32 Å². The summed E-state index contributed by atoms with van der Waals surface area (Å²) in [6, 6.07) is 8.16. The maximum Gasteiger partial charge on any atom is 0.240 e. The zero-order valence-corrected chi connectivity index (χ0v) is 12.7. The monoisotopic (exact) mass is 324 g/mol. The van der Waals surface area contributed by atoms with Crippen LogP contribution in [0.5, 0.6) is 0 Å². The molecule has 0 spiro atoms. The smallest absolute Gasteiger partial charge is 0.240 e. The van der Waals surface area contributed by atoms with Crippen molar-refractivity contribution < 1.29 is 4.79 Å². The van der Waals surface area contributed by atoms with Crippen LogP contribution in [0.4, 0.5) is 0 Å². The van der Waals surface area contributed by atoms with Gasteiger partial charge in [0.05, 0.1) is 5.54 Å². The third-order valence-electron chi connectivity index (χ3n) is 3.81. The molecule has 19 heavy (non-hydrogen) atoms. The highest BCUT2D eigenvalue weighted by Crippen LogP contribution is 2.25. The Labute approximate surface area is 123 Å². The van der Waals surface area contributed by atoms with E-state index in [1.165, 1.54) is 12.0 Å². The molecule has 3 N–H and O–H groups in total. The predicted octanol–water partition coefficient (Wildman–Crippen LogP) is 2.77. The number of halogens is 1. The van der Waals surface area contributed by atoms with E-state index in [9.17, 15) is 4.79 Å². The molecule has 1 aromatic carbocycles. The van der Waals surface area contributed by atoms with Crippen molar-refractivity contribution in [3.63, 3.8) is 0 Å². The number of nitrogens with one attached hydrogen (secondary N) is 1. The van der Waals surface area contributed by atoms with Crippen molar-refractivity contribution in [1.29, 1.82) is 0 Å². The maximum absolute atomic E-state index is 12.1. The predicted molar refractivity (Wildman–Crippen MR) is 80.9 cm³/mol. The topological polar surface area (TPSA) is 55.1 Å². The number of amides is 1. The van der Waals surface area contributed by atoms with Gasteiger partial charge in [-0.15, -0.1) is 0 Å². The van der Waals surface area contributed by atoms with Crippen molar-refractivity contribution in [2.75, 3.05) is 6.54 Å². The molecule has 104 valence electrons. The highest BCUT2D eigenvalue weighted by Gasteiger charge is 2.34. The van der Waals surface area contributed by atoms with Crippen LogP contribution < -0.4 is 11.1 Å².